The lowest BCUT2D eigenvalue weighted by Crippen LogP contribution is -2.34. The summed E-state index contributed by atoms with van der Waals surface area (Å²) in [6.07, 6.45) is -0.489. The van der Waals surface area contributed by atoms with Crippen LogP contribution in [0, 0.1) is 5.92 Å². The lowest BCUT2D eigenvalue weighted by Gasteiger charge is -2.18. The summed E-state index contributed by atoms with van der Waals surface area (Å²) in [5, 5.41) is 12.5. The summed E-state index contributed by atoms with van der Waals surface area (Å²) in [5.41, 5.74) is 5.10. The molecule has 1 heterocycles. The fourth-order valence-corrected chi connectivity index (χ4v) is 1.56. The highest BCUT2D eigenvalue weighted by atomic mass is 16.5. The minimum Gasteiger partial charge on any atom is -0.391 e. The van der Waals surface area contributed by atoms with Gasteiger partial charge < -0.3 is 20.9 Å². The number of hydrogen-bond acceptors (Lipinski definition) is 4. The molecule has 0 aromatic rings. The van der Waals surface area contributed by atoms with Gasteiger partial charge in [0.2, 0.25) is 5.91 Å². The number of aliphatic hydroxyl groups excluding tert-OH is 1. The van der Waals surface area contributed by atoms with Gasteiger partial charge in [-0.05, 0) is 6.42 Å². The number of ether oxygens (including phenoxy) is 1. The van der Waals surface area contributed by atoms with E-state index in [9.17, 15) is 9.90 Å². The molecule has 76 valence electrons. The second-order valence-corrected chi connectivity index (χ2v) is 3.35. The number of amides is 1. The van der Waals surface area contributed by atoms with Crippen LogP contribution >= 0.6 is 0 Å². The van der Waals surface area contributed by atoms with Crippen molar-refractivity contribution >= 4 is 5.91 Å². The first-order valence-corrected chi connectivity index (χ1v) is 4.36. The third kappa shape index (κ3) is 2.65. The lowest BCUT2D eigenvalue weighted by atomic mass is 9.98. The smallest absolute Gasteiger partial charge is 0.246 e. The maximum Gasteiger partial charge on any atom is 0.246 e. The van der Waals surface area contributed by atoms with Gasteiger partial charge in [0.1, 0.15) is 6.10 Å². The van der Waals surface area contributed by atoms with E-state index in [-0.39, 0.29) is 5.92 Å². The van der Waals surface area contributed by atoms with Crippen LogP contribution in [0.4, 0.5) is 0 Å². The molecule has 1 amide bonds. The predicted octanol–water partition coefficient (Wildman–Crippen LogP) is -1.54. The fourth-order valence-electron chi connectivity index (χ4n) is 1.56. The van der Waals surface area contributed by atoms with Gasteiger partial charge in [-0.2, -0.15) is 0 Å². The van der Waals surface area contributed by atoms with Gasteiger partial charge in [0, 0.05) is 26.1 Å². The number of aliphatic hydroxyl groups is 1. The van der Waals surface area contributed by atoms with Crippen LogP contribution in [0.5, 0.6) is 0 Å². The molecule has 3 atom stereocenters. The van der Waals surface area contributed by atoms with E-state index in [4.69, 9.17) is 10.5 Å². The Morgan fingerprint density at radius 1 is 1.77 bits per heavy atom. The van der Waals surface area contributed by atoms with Crippen LogP contribution in [0.25, 0.3) is 0 Å². The summed E-state index contributed by atoms with van der Waals surface area (Å²) >= 11 is 0. The SMILES string of the molecule is COC(C[C@@H]1CNC[C@H]1O)C(N)=O. The molecule has 13 heavy (non-hydrogen) atoms. The zero-order valence-corrected chi connectivity index (χ0v) is 7.69. The molecule has 0 bridgehead atoms. The largest absolute Gasteiger partial charge is 0.391 e. The van der Waals surface area contributed by atoms with Crippen LogP contribution in [0.2, 0.25) is 0 Å². The van der Waals surface area contributed by atoms with Crippen molar-refractivity contribution in [3.8, 4) is 0 Å². The summed E-state index contributed by atoms with van der Waals surface area (Å²) in [4.78, 5) is 10.8. The second kappa shape index (κ2) is 4.55. The van der Waals surface area contributed by atoms with Crippen molar-refractivity contribution in [1.82, 2.24) is 5.32 Å². The molecule has 0 aromatic carbocycles. The first-order valence-electron chi connectivity index (χ1n) is 4.36. The molecule has 1 fully saturated rings. The molecular weight excluding hydrogens is 172 g/mol. The van der Waals surface area contributed by atoms with Gasteiger partial charge in [0.15, 0.2) is 0 Å². The lowest BCUT2D eigenvalue weighted by molar-refractivity contribution is -0.128. The van der Waals surface area contributed by atoms with Crippen LogP contribution in [-0.2, 0) is 9.53 Å². The molecule has 1 rings (SSSR count). The van der Waals surface area contributed by atoms with Crippen molar-refractivity contribution < 1.29 is 14.6 Å². The normalized spacial score (nSPS) is 30.3. The average molecular weight is 188 g/mol. The molecule has 4 N–H and O–H groups in total. The Morgan fingerprint density at radius 3 is 2.85 bits per heavy atom. The Bertz CT molecular complexity index is 186. The summed E-state index contributed by atoms with van der Waals surface area (Å²) in [7, 11) is 1.45. The van der Waals surface area contributed by atoms with Gasteiger partial charge in [-0.3, -0.25) is 4.79 Å². The molecule has 0 aliphatic carbocycles. The number of nitrogens with one attached hydrogen (secondary N) is 1. The zero-order valence-electron chi connectivity index (χ0n) is 7.69. The third-order valence-corrected chi connectivity index (χ3v) is 2.42. The Hall–Kier alpha value is -0.650. The minimum atomic E-state index is -0.584. The highest BCUT2D eigenvalue weighted by Gasteiger charge is 2.29. The highest BCUT2D eigenvalue weighted by Crippen LogP contribution is 2.16. The van der Waals surface area contributed by atoms with Crippen molar-refractivity contribution in [3.63, 3.8) is 0 Å². The number of β-amino-alcohol motifs (C(OH)–C–C–N with tert-alkyl or cyclic N) is 1. The van der Waals surface area contributed by atoms with Crippen molar-refractivity contribution in [2.75, 3.05) is 20.2 Å². The molecule has 1 unspecified atom stereocenters. The first-order chi connectivity index (χ1) is 6.15. The maximum absolute atomic E-state index is 10.8. The van der Waals surface area contributed by atoms with Crippen molar-refractivity contribution in [2.45, 2.75) is 18.6 Å². The van der Waals surface area contributed by atoms with E-state index in [0.29, 0.717) is 19.5 Å². The standard InChI is InChI=1S/C8H16N2O3/c1-13-7(8(9)12)2-5-3-10-4-6(5)11/h5-7,10-11H,2-4H2,1H3,(H2,9,12)/t5-,6-,7?/m1/s1. The Labute approximate surface area is 77.2 Å². The number of primary amides is 1. The molecule has 5 heteroatoms. The number of carbonyl (C=O) groups excluding carboxylic acids is 1. The van der Waals surface area contributed by atoms with E-state index < -0.39 is 18.1 Å². The molecule has 1 aliphatic rings. The number of nitrogens with two attached hydrogens (primary N) is 1. The molecule has 1 aliphatic heterocycles. The molecule has 0 saturated carbocycles. The molecule has 0 aromatic heterocycles. The van der Waals surface area contributed by atoms with E-state index in [1.54, 1.807) is 0 Å². The molecule has 0 spiro atoms. The fraction of sp³-hybridized carbons (Fsp3) is 0.875. The molecule has 0 radical (unpaired) electrons. The van der Waals surface area contributed by atoms with Crippen molar-refractivity contribution in [2.24, 2.45) is 11.7 Å². The van der Waals surface area contributed by atoms with Gasteiger partial charge >= 0.3 is 0 Å². The topological polar surface area (TPSA) is 84.6 Å². The van der Waals surface area contributed by atoms with Crippen LogP contribution in [-0.4, -0.2) is 43.4 Å². The molecule has 5 nitrogen and oxygen atoms in total. The van der Waals surface area contributed by atoms with Gasteiger partial charge in [0.25, 0.3) is 0 Å². The van der Waals surface area contributed by atoms with Crippen molar-refractivity contribution in [1.29, 1.82) is 0 Å². The van der Waals surface area contributed by atoms with Crippen LogP contribution in [0.15, 0.2) is 0 Å². The van der Waals surface area contributed by atoms with Gasteiger partial charge in [-0.1, -0.05) is 0 Å². The van der Waals surface area contributed by atoms with Crippen LogP contribution < -0.4 is 11.1 Å². The third-order valence-electron chi connectivity index (χ3n) is 2.42. The first kappa shape index (κ1) is 10.4. The van der Waals surface area contributed by atoms with E-state index in [0.717, 1.165) is 0 Å². The van der Waals surface area contributed by atoms with Gasteiger partial charge in [0.05, 0.1) is 6.10 Å². The molecular formula is C8H16N2O3. The number of carbonyl (C=O) groups is 1. The zero-order chi connectivity index (χ0) is 9.84. The number of hydrogen-bond donors (Lipinski definition) is 3. The second-order valence-electron chi connectivity index (χ2n) is 3.35. The van der Waals surface area contributed by atoms with Gasteiger partial charge in [-0.15, -0.1) is 0 Å². The highest BCUT2D eigenvalue weighted by molar-refractivity contribution is 5.78. The molecule has 1 saturated heterocycles. The van der Waals surface area contributed by atoms with E-state index >= 15 is 0 Å². The predicted molar refractivity (Wildman–Crippen MR) is 47.0 cm³/mol. The summed E-state index contributed by atoms with van der Waals surface area (Å²) < 4.78 is 4.91. The maximum atomic E-state index is 10.8. The van der Waals surface area contributed by atoms with E-state index in [2.05, 4.69) is 5.32 Å². The van der Waals surface area contributed by atoms with Crippen LogP contribution in [0.1, 0.15) is 6.42 Å². The summed E-state index contributed by atoms with van der Waals surface area (Å²) in [5.74, 6) is -0.404. The van der Waals surface area contributed by atoms with Crippen molar-refractivity contribution in [3.05, 3.63) is 0 Å². The number of rotatable bonds is 4. The minimum absolute atomic E-state index is 0.0671. The summed E-state index contributed by atoms with van der Waals surface area (Å²) in [6, 6.07) is 0. The quantitative estimate of drug-likeness (QED) is 0.499. The Morgan fingerprint density at radius 2 is 2.46 bits per heavy atom. The van der Waals surface area contributed by atoms with Gasteiger partial charge in [-0.25, -0.2) is 0 Å². The summed E-state index contributed by atoms with van der Waals surface area (Å²) in [6.45, 7) is 1.30. The average Bonchev–Trinajstić information content (AvgIpc) is 2.46. The van der Waals surface area contributed by atoms with E-state index in [1.807, 2.05) is 0 Å². The Balaban J connectivity index is 2.41. The Kier molecular flexibility index (Phi) is 3.65. The number of methoxy groups -OCH3 is 1. The van der Waals surface area contributed by atoms with Crippen LogP contribution in [0.3, 0.4) is 0 Å². The van der Waals surface area contributed by atoms with E-state index in [1.165, 1.54) is 7.11 Å². The monoisotopic (exact) mass is 188 g/mol.